The lowest BCUT2D eigenvalue weighted by molar-refractivity contribution is -0.131. The van der Waals surface area contributed by atoms with Crippen molar-refractivity contribution >= 4 is 5.97 Å². The second-order valence-corrected chi connectivity index (χ2v) is 7.64. The van der Waals surface area contributed by atoms with Crippen LogP contribution in [0.1, 0.15) is 53.9 Å². The summed E-state index contributed by atoms with van der Waals surface area (Å²) in [4.78, 5) is 10.6. The highest BCUT2D eigenvalue weighted by Gasteiger charge is 2.73. The van der Waals surface area contributed by atoms with Gasteiger partial charge in [0.2, 0.25) is 0 Å². The Bertz CT molecular complexity index is 606. The average Bonchev–Trinajstić information content (AvgIpc) is 3.03. The summed E-state index contributed by atoms with van der Waals surface area (Å²) in [5.41, 5.74) is 1.85. The molecular weight excluding hydrogens is 288 g/mol. The molecule has 0 aromatic rings. The fraction of sp³-hybridized carbons (Fsp3) is 0.550. The van der Waals surface area contributed by atoms with Gasteiger partial charge in [0.25, 0.3) is 0 Å². The van der Waals surface area contributed by atoms with Gasteiger partial charge in [0.05, 0.1) is 5.60 Å². The molecule has 2 rings (SSSR count). The average molecular weight is 316 g/mol. The zero-order valence-electron chi connectivity index (χ0n) is 14.8. The fourth-order valence-corrected chi connectivity index (χ4v) is 3.81. The summed E-state index contributed by atoms with van der Waals surface area (Å²) in [5.74, 6) is -0.920. The van der Waals surface area contributed by atoms with Crippen molar-refractivity contribution in [2.75, 3.05) is 0 Å². The first-order valence-corrected chi connectivity index (χ1v) is 8.28. The number of ether oxygens (including phenoxy) is 1. The van der Waals surface area contributed by atoms with Gasteiger partial charge in [0.15, 0.2) is 0 Å². The number of hydrogen-bond acceptors (Lipinski definition) is 2. The zero-order valence-corrected chi connectivity index (χ0v) is 14.8. The maximum atomic E-state index is 10.6. The number of epoxide rings is 1. The van der Waals surface area contributed by atoms with Gasteiger partial charge in [-0.3, -0.25) is 0 Å². The Morgan fingerprint density at radius 3 is 2.39 bits per heavy atom. The lowest BCUT2D eigenvalue weighted by atomic mass is 9.64. The molecule has 0 aromatic heterocycles. The number of rotatable bonds is 5. The number of fused-ring (bicyclic) bond motifs is 1. The summed E-state index contributed by atoms with van der Waals surface area (Å²) in [6.07, 6.45) is 14.8. The molecule has 0 spiro atoms. The summed E-state index contributed by atoms with van der Waals surface area (Å²) in [6.45, 7) is 10.6. The van der Waals surface area contributed by atoms with Crippen LogP contribution in [0, 0.1) is 5.41 Å². The minimum atomic E-state index is -0.920. The van der Waals surface area contributed by atoms with Crippen LogP contribution in [0.5, 0.6) is 0 Å². The monoisotopic (exact) mass is 316 g/mol. The molecule has 1 saturated carbocycles. The fourth-order valence-electron chi connectivity index (χ4n) is 3.81. The molecule has 1 aliphatic carbocycles. The van der Waals surface area contributed by atoms with Crippen LogP contribution in [0.25, 0.3) is 0 Å². The number of hydrogen-bond donors (Lipinski definition) is 1. The van der Waals surface area contributed by atoms with Gasteiger partial charge < -0.3 is 9.84 Å². The third-order valence-corrected chi connectivity index (χ3v) is 5.24. The zero-order chi connectivity index (χ0) is 17.3. The highest BCUT2D eigenvalue weighted by molar-refractivity contribution is 5.81. The Hall–Kier alpha value is -1.61. The van der Waals surface area contributed by atoms with Crippen molar-refractivity contribution in [3.05, 3.63) is 47.6 Å². The largest absolute Gasteiger partial charge is 0.478 e. The van der Waals surface area contributed by atoms with E-state index in [1.54, 1.807) is 13.0 Å². The summed E-state index contributed by atoms with van der Waals surface area (Å²) >= 11 is 0. The van der Waals surface area contributed by atoms with Gasteiger partial charge in [0, 0.05) is 11.5 Å². The number of carboxylic acid groups (broad SMARTS) is 1. The molecule has 1 aliphatic heterocycles. The first kappa shape index (κ1) is 17.7. The van der Waals surface area contributed by atoms with Crippen molar-refractivity contribution in [2.45, 2.75) is 65.1 Å². The predicted molar refractivity (Wildman–Crippen MR) is 93.3 cm³/mol. The molecule has 0 aromatic carbocycles. The van der Waals surface area contributed by atoms with Gasteiger partial charge in [-0.15, -0.1) is 0 Å². The third kappa shape index (κ3) is 3.50. The van der Waals surface area contributed by atoms with Crippen molar-refractivity contribution < 1.29 is 14.6 Å². The van der Waals surface area contributed by atoms with E-state index in [1.165, 1.54) is 18.9 Å². The lowest BCUT2D eigenvalue weighted by Gasteiger charge is -2.36. The van der Waals surface area contributed by atoms with Crippen molar-refractivity contribution in [1.82, 2.24) is 0 Å². The van der Waals surface area contributed by atoms with Crippen LogP contribution in [0.3, 0.4) is 0 Å². The molecular formula is C20H28O3. The Labute approximate surface area is 139 Å². The summed E-state index contributed by atoms with van der Waals surface area (Å²) in [7, 11) is 0. The first-order valence-electron chi connectivity index (χ1n) is 8.28. The van der Waals surface area contributed by atoms with Crippen LogP contribution in [0.2, 0.25) is 0 Å². The minimum Gasteiger partial charge on any atom is -0.478 e. The summed E-state index contributed by atoms with van der Waals surface area (Å²) in [6, 6.07) is 0. The SMILES string of the molecule is CC(=C/C(=O)O)/C=C/C=C(C)/C=C/[C@@]12O[C@]1(C)CCCC2(C)C. The van der Waals surface area contributed by atoms with E-state index in [4.69, 9.17) is 9.84 Å². The third-order valence-electron chi connectivity index (χ3n) is 5.24. The van der Waals surface area contributed by atoms with E-state index in [1.807, 2.05) is 19.1 Å². The summed E-state index contributed by atoms with van der Waals surface area (Å²) < 4.78 is 6.20. The quantitative estimate of drug-likeness (QED) is 0.450. The van der Waals surface area contributed by atoms with E-state index in [-0.39, 0.29) is 16.6 Å². The van der Waals surface area contributed by atoms with Crippen LogP contribution in [0.4, 0.5) is 0 Å². The van der Waals surface area contributed by atoms with Crippen LogP contribution in [-0.2, 0) is 9.53 Å². The highest BCUT2D eigenvalue weighted by atomic mass is 16.6. The van der Waals surface area contributed by atoms with Gasteiger partial charge >= 0.3 is 5.97 Å². The molecule has 23 heavy (non-hydrogen) atoms. The minimum absolute atomic E-state index is 0.0117. The Morgan fingerprint density at radius 1 is 1.09 bits per heavy atom. The van der Waals surface area contributed by atoms with Crippen molar-refractivity contribution in [2.24, 2.45) is 5.41 Å². The summed E-state index contributed by atoms with van der Waals surface area (Å²) in [5, 5.41) is 8.68. The Morgan fingerprint density at radius 2 is 1.78 bits per heavy atom. The van der Waals surface area contributed by atoms with Gasteiger partial charge in [-0.05, 0) is 51.7 Å². The van der Waals surface area contributed by atoms with E-state index in [2.05, 4.69) is 32.9 Å². The molecule has 1 heterocycles. The van der Waals surface area contributed by atoms with E-state index in [9.17, 15) is 4.79 Å². The Balaban J connectivity index is 2.07. The number of aliphatic carboxylic acids is 1. The molecule has 3 nitrogen and oxygen atoms in total. The normalized spacial score (nSPS) is 34.0. The highest BCUT2D eigenvalue weighted by Crippen LogP contribution is 2.66. The molecule has 0 bridgehead atoms. The maximum Gasteiger partial charge on any atom is 0.328 e. The van der Waals surface area contributed by atoms with Crippen molar-refractivity contribution in [1.29, 1.82) is 0 Å². The molecule has 1 N–H and O–H groups in total. The molecule has 2 aliphatic rings. The van der Waals surface area contributed by atoms with Gasteiger partial charge in [0.1, 0.15) is 5.60 Å². The van der Waals surface area contributed by atoms with Gasteiger partial charge in [-0.2, -0.15) is 0 Å². The van der Waals surface area contributed by atoms with Crippen LogP contribution in [0.15, 0.2) is 47.6 Å². The molecule has 0 amide bonds. The molecule has 2 atom stereocenters. The van der Waals surface area contributed by atoms with E-state index in [0.717, 1.165) is 17.6 Å². The van der Waals surface area contributed by atoms with Crippen LogP contribution >= 0.6 is 0 Å². The topological polar surface area (TPSA) is 49.8 Å². The van der Waals surface area contributed by atoms with Crippen LogP contribution < -0.4 is 0 Å². The second kappa shape index (κ2) is 6.12. The van der Waals surface area contributed by atoms with E-state index >= 15 is 0 Å². The standard InChI is InChI=1S/C20H28O3/c1-15(8-6-9-16(2)14-17(21)22)10-13-20-18(3,4)11-7-12-19(20,5)23-20/h6,8-10,13-14H,7,11-12H2,1-5H3,(H,21,22)/b9-6+,13-10+,15-8+,16-14-/t19-,20+/m1/s1. The number of carboxylic acids is 1. The van der Waals surface area contributed by atoms with Crippen molar-refractivity contribution in [3.63, 3.8) is 0 Å². The van der Waals surface area contributed by atoms with Crippen LogP contribution in [-0.4, -0.2) is 22.3 Å². The van der Waals surface area contributed by atoms with Gasteiger partial charge in [-0.25, -0.2) is 4.79 Å². The second-order valence-electron chi connectivity index (χ2n) is 7.64. The molecule has 126 valence electrons. The number of allylic oxidation sites excluding steroid dienone is 6. The Kier molecular flexibility index (Phi) is 4.72. The molecule has 0 unspecified atom stereocenters. The van der Waals surface area contributed by atoms with Gasteiger partial charge in [-0.1, -0.05) is 43.7 Å². The molecule has 1 saturated heterocycles. The van der Waals surface area contributed by atoms with E-state index < -0.39 is 5.97 Å². The predicted octanol–water partition coefficient (Wildman–Crippen LogP) is 4.81. The number of carbonyl (C=O) groups is 1. The molecule has 2 fully saturated rings. The van der Waals surface area contributed by atoms with E-state index in [0.29, 0.717) is 0 Å². The smallest absolute Gasteiger partial charge is 0.328 e. The molecule has 0 radical (unpaired) electrons. The first-order chi connectivity index (χ1) is 10.6. The lowest BCUT2D eigenvalue weighted by Crippen LogP contribution is -2.41. The maximum absolute atomic E-state index is 10.6. The van der Waals surface area contributed by atoms with Crippen molar-refractivity contribution in [3.8, 4) is 0 Å². The molecule has 3 heteroatoms.